The van der Waals surface area contributed by atoms with Crippen LogP contribution in [0.3, 0.4) is 0 Å². The number of allylic oxidation sites excluding steroid dienone is 2. The van der Waals surface area contributed by atoms with Gasteiger partial charge in [-0.15, -0.1) is 11.3 Å². The van der Waals surface area contributed by atoms with E-state index in [9.17, 15) is 4.79 Å². The minimum absolute atomic E-state index is 0.196. The van der Waals surface area contributed by atoms with E-state index in [1.54, 1.807) is 18.4 Å². The summed E-state index contributed by atoms with van der Waals surface area (Å²) in [7, 11) is 1.68. The zero-order valence-electron chi connectivity index (χ0n) is 16.3. The smallest absolute Gasteiger partial charge is 0.226 e. The summed E-state index contributed by atoms with van der Waals surface area (Å²) in [6.45, 7) is 4.34. The fourth-order valence-electron chi connectivity index (χ4n) is 3.88. The quantitative estimate of drug-likeness (QED) is 0.720. The predicted octanol–water partition coefficient (Wildman–Crippen LogP) is 3.82. The van der Waals surface area contributed by atoms with Crippen LogP contribution in [0, 0.1) is 5.92 Å². The molecule has 1 saturated heterocycles. The molecular weight excluding hydrogens is 370 g/mol. The summed E-state index contributed by atoms with van der Waals surface area (Å²) in [6.07, 6.45) is 7.30. The molecule has 1 unspecified atom stereocenters. The molecule has 1 fully saturated rings. The van der Waals surface area contributed by atoms with E-state index in [0.717, 1.165) is 74.0 Å². The van der Waals surface area contributed by atoms with Gasteiger partial charge < -0.3 is 9.64 Å². The fraction of sp³-hybridized carbons (Fsp3) is 0.455. The molecule has 28 heavy (non-hydrogen) atoms. The molecule has 5 nitrogen and oxygen atoms in total. The number of ether oxygens (including phenoxy) is 1. The van der Waals surface area contributed by atoms with Crippen LogP contribution in [0.5, 0.6) is 5.75 Å². The zero-order chi connectivity index (χ0) is 19.3. The van der Waals surface area contributed by atoms with E-state index in [2.05, 4.69) is 27.3 Å². The maximum atomic E-state index is 12.7. The molecule has 0 bridgehead atoms. The molecule has 1 aromatic carbocycles. The highest BCUT2D eigenvalue weighted by Gasteiger charge is 2.27. The highest BCUT2D eigenvalue weighted by atomic mass is 32.1. The van der Waals surface area contributed by atoms with Crippen molar-refractivity contribution >= 4 is 17.2 Å². The van der Waals surface area contributed by atoms with Gasteiger partial charge in [0.05, 0.1) is 12.8 Å². The second kappa shape index (κ2) is 8.88. The van der Waals surface area contributed by atoms with Crippen LogP contribution in [0.25, 0.3) is 10.6 Å². The summed E-state index contributed by atoms with van der Waals surface area (Å²) in [4.78, 5) is 21.9. The van der Waals surface area contributed by atoms with Crippen molar-refractivity contribution in [3.63, 3.8) is 0 Å². The van der Waals surface area contributed by atoms with Crippen molar-refractivity contribution in [3.05, 3.63) is 47.5 Å². The summed E-state index contributed by atoms with van der Waals surface area (Å²) in [6, 6.07) is 8.03. The van der Waals surface area contributed by atoms with Crippen molar-refractivity contribution < 1.29 is 9.53 Å². The number of rotatable bonds is 5. The lowest BCUT2D eigenvalue weighted by Gasteiger charge is -2.36. The van der Waals surface area contributed by atoms with Crippen LogP contribution < -0.4 is 4.74 Å². The molecule has 1 amide bonds. The van der Waals surface area contributed by atoms with Gasteiger partial charge in [-0.25, -0.2) is 4.98 Å². The van der Waals surface area contributed by atoms with Gasteiger partial charge in [0.15, 0.2) is 0 Å². The Bertz CT molecular complexity index is 823. The molecule has 0 saturated carbocycles. The molecule has 2 aromatic rings. The average Bonchev–Trinajstić information content (AvgIpc) is 3.23. The molecule has 4 rings (SSSR count). The van der Waals surface area contributed by atoms with Gasteiger partial charge in [0.25, 0.3) is 0 Å². The van der Waals surface area contributed by atoms with Gasteiger partial charge in [-0.05, 0) is 43.5 Å². The Morgan fingerprint density at radius 3 is 2.64 bits per heavy atom. The molecule has 0 radical (unpaired) electrons. The van der Waals surface area contributed by atoms with Crippen molar-refractivity contribution in [1.82, 2.24) is 14.8 Å². The standard InChI is InChI=1S/C22H27N3O2S/c1-27-20-9-7-17(8-10-20)21-23-19(16-28-21)15-24-11-13-25(14-12-24)22(26)18-5-3-2-4-6-18/h2-3,7-10,16,18H,4-6,11-15H2,1H3. The molecular formula is C22H27N3O2S. The normalized spacial score (nSPS) is 20.3. The Kier molecular flexibility index (Phi) is 6.07. The first-order chi connectivity index (χ1) is 13.7. The maximum absolute atomic E-state index is 12.7. The van der Waals surface area contributed by atoms with Crippen LogP contribution in [-0.4, -0.2) is 54.0 Å². The molecule has 2 heterocycles. The average molecular weight is 398 g/mol. The highest BCUT2D eigenvalue weighted by molar-refractivity contribution is 7.13. The SMILES string of the molecule is COc1ccc(-c2nc(CN3CCN(C(=O)C4CC=CCC4)CC3)cs2)cc1. The van der Waals surface area contributed by atoms with E-state index >= 15 is 0 Å². The van der Waals surface area contributed by atoms with Gasteiger partial charge in [0, 0.05) is 49.6 Å². The van der Waals surface area contributed by atoms with Crippen molar-refractivity contribution in [2.24, 2.45) is 5.92 Å². The molecule has 1 aliphatic heterocycles. The number of hydrogen-bond donors (Lipinski definition) is 0. The highest BCUT2D eigenvalue weighted by Crippen LogP contribution is 2.26. The van der Waals surface area contributed by atoms with Crippen molar-refractivity contribution in [2.75, 3.05) is 33.3 Å². The predicted molar refractivity (Wildman–Crippen MR) is 112 cm³/mol. The zero-order valence-corrected chi connectivity index (χ0v) is 17.2. The van der Waals surface area contributed by atoms with Gasteiger partial charge in [0.2, 0.25) is 5.91 Å². The Morgan fingerprint density at radius 1 is 1.18 bits per heavy atom. The molecule has 2 aliphatic rings. The third-order valence-electron chi connectivity index (χ3n) is 5.58. The van der Waals surface area contributed by atoms with E-state index in [4.69, 9.17) is 9.72 Å². The minimum atomic E-state index is 0.196. The van der Waals surface area contributed by atoms with Crippen molar-refractivity contribution in [3.8, 4) is 16.3 Å². The second-order valence-electron chi connectivity index (χ2n) is 7.46. The Balaban J connectivity index is 1.29. The summed E-state index contributed by atoms with van der Waals surface area (Å²) in [5, 5.41) is 3.18. The summed E-state index contributed by atoms with van der Waals surface area (Å²) in [5.41, 5.74) is 2.22. The van der Waals surface area contributed by atoms with Crippen LogP contribution in [0.15, 0.2) is 41.8 Å². The molecule has 6 heteroatoms. The third kappa shape index (κ3) is 4.45. The largest absolute Gasteiger partial charge is 0.497 e. The topological polar surface area (TPSA) is 45.7 Å². The third-order valence-corrected chi connectivity index (χ3v) is 6.52. The van der Waals surface area contributed by atoms with Crippen LogP contribution >= 0.6 is 11.3 Å². The number of hydrogen-bond acceptors (Lipinski definition) is 5. The summed E-state index contributed by atoms with van der Waals surface area (Å²) in [5.74, 6) is 1.40. The summed E-state index contributed by atoms with van der Waals surface area (Å²) >= 11 is 1.68. The van der Waals surface area contributed by atoms with E-state index in [-0.39, 0.29) is 5.92 Å². The Morgan fingerprint density at radius 2 is 1.96 bits per heavy atom. The molecule has 1 aliphatic carbocycles. The first-order valence-electron chi connectivity index (χ1n) is 9.98. The number of carbonyl (C=O) groups is 1. The Labute approximate surface area is 170 Å². The van der Waals surface area contributed by atoms with E-state index in [1.165, 1.54) is 0 Å². The number of methoxy groups -OCH3 is 1. The van der Waals surface area contributed by atoms with Gasteiger partial charge >= 0.3 is 0 Å². The lowest BCUT2D eigenvalue weighted by molar-refractivity contribution is -0.137. The monoisotopic (exact) mass is 397 g/mol. The second-order valence-corrected chi connectivity index (χ2v) is 8.31. The molecule has 0 spiro atoms. The molecule has 1 aromatic heterocycles. The number of benzene rings is 1. The van der Waals surface area contributed by atoms with Crippen LogP contribution in [-0.2, 0) is 11.3 Å². The number of carbonyl (C=O) groups excluding carboxylic acids is 1. The van der Waals surface area contributed by atoms with Crippen molar-refractivity contribution in [1.29, 1.82) is 0 Å². The molecule has 148 valence electrons. The van der Waals surface area contributed by atoms with Gasteiger partial charge in [-0.1, -0.05) is 12.2 Å². The number of nitrogens with zero attached hydrogens (tertiary/aromatic N) is 3. The van der Waals surface area contributed by atoms with Gasteiger partial charge in [-0.3, -0.25) is 9.69 Å². The number of piperazine rings is 1. The number of amides is 1. The van der Waals surface area contributed by atoms with Gasteiger partial charge in [0.1, 0.15) is 10.8 Å². The minimum Gasteiger partial charge on any atom is -0.497 e. The molecule has 1 atom stereocenters. The van der Waals surface area contributed by atoms with Gasteiger partial charge in [-0.2, -0.15) is 0 Å². The van der Waals surface area contributed by atoms with Crippen LogP contribution in [0.2, 0.25) is 0 Å². The number of thiazole rings is 1. The lowest BCUT2D eigenvalue weighted by atomic mass is 9.93. The first-order valence-corrected chi connectivity index (χ1v) is 10.9. The van der Waals surface area contributed by atoms with Crippen molar-refractivity contribution in [2.45, 2.75) is 25.8 Å². The number of aromatic nitrogens is 1. The molecule has 0 N–H and O–H groups in total. The van der Waals surface area contributed by atoms with Crippen LogP contribution in [0.1, 0.15) is 25.0 Å². The van der Waals surface area contributed by atoms with E-state index in [0.29, 0.717) is 5.91 Å². The van der Waals surface area contributed by atoms with E-state index < -0.39 is 0 Å². The Hall–Kier alpha value is -2.18. The fourth-order valence-corrected chi connectivity index (χ4v) is 4.69. The first kappa shape index (κ1) is 19.2. The lowest BCUT2D eigenvalue weighted by Crippen LogP contribution is -2.50. The summed E-state index contributed by atoms with van der Waals surface area (Å²) < 4.78 is 5.22. The van der Waals surface area contributed by atoms with Crippen LogP contribution in [0.4, 0.5) is 0 Å². The van der Waals surface area contributed by atoms with E-state index in [1.807, 2.05) is 24.3 Å². The maximum Gasteiger partial charge on any atom is 0.226 e.